The van der Waals surface area contributed by atoms with E-state index in [0.29, 0.717) is 30.2 Å². The first-order chi connectivity index (χ1) is 13.4. The SMILES string of the molecule is COc1cccc(CNC(=O)C2(C)CCCN(C(=O)c3cccc(Cl)c3)C2)c1. The van der Waals surface area contributed by atoms with Crippen LogP contribution in [0.15, 0.2) is 48.5 Å². The van der Waals surface area contributed by atoms with Crippen molar-refractivity contribution in [2.24, 2.45) is 5.41 Å². The molecule has 1 aliphatic rings. The first kappa shape index (κ1) is 20.2. The molecular weight excluding hydrogens is 376 g/mol. The number of ether oxygens (including phenoxy) is 1. The highest BCUT2D eigenvalue weighted by Gasteiger charge is 2.39. The Labute approximate surface area is 170 Å². The van der Waals surface area contributed by atoms with Crippen molar-refractivity contribution < 1.29 is 14.3 Å². The Morgan fingerprint density at radius 3 is 2.75 bits per heavy atom. The number of amides is 2. The Bertz CT molecular complexity index is 870. The minimum Gasteiger partial charge on any atom is -0.497 e. The molecule has 1 heterocycles. The number of halogens is 1. The van der Waals surface area contributed by atoms with Gasteiger partial charge in [0.05, 0.1) is 12.5 Å². The number of hydrogen-bond acceptors (Lipinski definition) is 3. The van der Waals surface area contributed by atoms with Crippen molar-refractivity contribution in [2.75, 3.05) is 20.2 Å². The van der Waals surface area contributed by atoms with Gasteiger partial charge in [0.25, 0.3) is 5.91 Å². The number of likely N-dealkylation sites (tertiary alicyclic amines) is 1. The van der Waals surface area contributed by atoms with Gasteiger partial charge in [0.1, 0.15) is 5.75 Å². The molecule has 1 saturated heterocycles. The topological polar surface area (TPSA) is 58.6 Å². The summed E-state index contributed by atoms with van der Waals surface area (Å²) in [7, 11) is 1.62. The maximum Gasteiger partial charge on any atom is 0.253 e. The number of carbonyl (C=O) groups excluding carboxylic acids is 2. The average Bonchev–Trinajstić information content (AvgIpc) is 2.71. The van der Waals surface area contributed by atoms with Gasteiger partial charge in [0, 0.05) is 30.2 Å². The summed E-state index contributed by atoms with van der Waals surface area (Å²) < 4.78 is 5.22. The van der Waals surface area contributed by atoms with Crippen LogP contribution in [0.4, 0.5) is 0 Å². The van der Waals surface area contributed by atoms with Crippen LogP contribution in [0.1, 0.15) is 35.7 Å². The Morgan fingerprint density at radius 2 is 2.00 bits per heavy atom. The zero-order valence-corrected chi connectivity index (χ0v) is 17.0. The van der Waals surface area contributed by atoms with Gasteiger partial charge < -0.3 is 15.0 Å². The molecule has 148 valence electrons. The molecule has 1 N–H and O–H groups in total. The van der Waals surface area contributed by atoms with Gasteiger partial charge in [-0.1, -0.05) is 29.8 Å². The smallest absolute Gasteiger partial charge is 0.253 e. The molecule has 1 fully saturated rings. The summed E-state index contributed by atoms with van der Waals surface area (Å²) in [5.41, 5.74) is 0.901. The molecule has 3 rings (SSSR count). The van der Waals surface area contributed by atoms with Crippen molar-refractivity contribution in [1.29, 1.82) is 0 Å². The molecule has 6 heteroatoms. The fourth-order valence-electron chi connectivity index (χ4n) is 3.58. The Balaban J connectivity index is 1.65. The molecular formula is C22H25ClN2O3. The van der Waals surface area contributed by atoms with E-state index in [-0.39, 0.29) is 11.8 Å². The minimum atomic E-state index is -0.620. The van der Waals surface area contributed by atoms with E-state index in [2.05, 4.69) is 5.32 Å². The summed E-state index contributed by atoms with van der Waals surface area (Å²) in [4.78, 5) is 27.5. The molecule has 2 aromatic carbocycles. The third-order valence-electron chi connectivity index (χ3n) is 5.19. The van der Waals surface area contributed by atoms with E-state index in [0.717, 1.165) is 24.2 Å². The summed E-state index contributed by atoms with van der Waals surface area (Å²) in [5.74, 6) is 0.627. The minimum absolute atomic E-state index is 0.0427. The van der Waals surface area contributed by atoms with Crippen LogP contribution >= 0.6 is 11.6 Å². The summed E-state index contributed by atoms with van der Waals surface area (Å²) >= 11 is 6.01. The molecule has 0 aromatic heterocycles. The van der Waals surface area contributed by atoms with Gasteiger partial charge >= 0.3 is 0 Å². The highest BCUT2D eigenvalue weighted by Crippen LogP contribution is 2.31. The standard InChI is InChI=1S/C22H25ClN2O3/c1-22(21(27)24-14-16-6-3-9-19(12-16)28-2)10-5-11-25(15-22)20(26)17-7-4-8-18(23)13-17/h3-4,6-9,12-13H,5,10-11,14-15H2,1-2H3,(H,24,27). The molecule has 0 aliphatic carbocycles. The maximum absolute atomic E-state index is 12.9. The van der Waals surface area contributed by atoms with E-state index < -0.39 is 5.41 Å². The highest BCUT2D eigenvalue weighted by atomic mass is 35.5. The first-order valence-electron chi connectivity index (χ1n) is 9.37. The Morgan fingerprint density at radius 1 is 1.21 bits per heavy atom. The van der Waals surface area contributed by atoms with E-state index >= 15 is 0 Å². The van der Waals surface area contributed by atoms with Gasteiger partial charge in [0.15, 0.2) is 0 Å². The lowest BCUT2D eigenvalue weighted by molar-refractivity contribution is -0.132. The normalized spacial score (nSPS) is 19.2. The second-order valence-electron chi connectivity index (χ2n) is 7.44. The quantitative estimate of drug-likeness (QED) is 0.827. The molecule has 1 atom stereocenters. The van der Waals surface area contributed by atoms with Gasteiger partial charge in [-0.15, -0.1) is 0 Å². The fraction of sp³-hybridized carbons (Fsp3) is 0.364. The van der Waals surface area contributed by atoms with Crippen LogP contribution in [0.3, 0.4) is 0 Å². The van der Waals surface area contributed by atoms with Crippen LogP contribution < -0.4 is 10.1 Å². The van der Waals surface area contributed by atoms with Crippen LogP contribution in [0.5, 0.6) is 5.75 Å². The van der Waals surface area contributed by atoms with Crippen LogP contribution in [0, 0.1) is 5.41 Å². The lowest BCUT2D eigenvalue weighted by Crippen LogP contribution is -2.51. The van der Waals surface area contributed by atoms with Crippen LogP contribution in [0.2, 0.25) is 5.02 Å². The third kappa shape index (κ3) is 4.65. The molecule has 1 aliphatic heterocycles. The molecule has 0 bridgehead atoms. The van der Waals surface area contributed by atoms with E-state index in [1.54, 1.807) is 36.3 Å². The van der Waals surface area contributed by atoms with E-state index in [1.165, 1.54) is 0 Å². The zero-order chi connectivity index (χ0) is 20.1. The summed E-state index contributed by atoms with van der Waals surface area (Å²) in [5, 5.41) is 3.54. The number of nitrogens with zero attached hydrogens (tertiary/aromatic N) is 1. The zero-order valence-electron chi connectivity index (χ0n) is 16.2. The molecule has 28 heavy (non-hydrogen) atoms. The van der Waals surface area contributed by atoms with Crippen molar-refractivity contribution in [3.8, 4) is 5.75 Å². The number of nitrogens with one attached hydrogen (secondary N) is 1. The van der Waals surface area contributed by atoms with Crippen LogP contribution in [-0.2, 0) is 11.3 Å². The highest BCUT2D eigenvalue weighted by molar-refractivity contribution is 6.30. The number of carbonyl (C=O) groups is 2. The Kier molecular flexibility index (Phi) is 6.25. The predicted octanol–water partition coefficient (Wildman–Crippen LogP) is 3.91. The predicted molar refractivity (Wildman–Crippen MR) is 110 cm³/mol. The van der Waals surface area contributed by atoms with Gasteiger partial charge in [-0.3, -0.25) is 9.59 Å². The largest absolute Gasteiger partial charge is 0.497 e. The number of methoxy groups -OCH3 is 1. The van der Waals surface area contributed by atoms with Gasteiger partial charge in [0.2, 0.25) is 5.91 Å². The van der Waals surface area contributed by atoms with Crippen molar-refractivity contribution >= 4 is 23.4 Å². The van der Waals surface area contributed by atoms with Crippen LogP contribution in [0.25, 0.3) is 0 Å². The van der Waals surface area contributed by atoms with Crippen molar-refractivity contribution in [3.63, 3.8) is 0 Å². The molecule has 1 unspecified atom stereocenters. The molecule has 2 amide bonds. The number of benzene rings is 2. The first-order valence-corrected chi connectivity index (χ1v) is 9.75. The average molecular weight is 401 g/mol. The third-order valence-corrected chi connectivity index (χ3v) is 5.43. The van der Waals surface area contributed by atoms with Crippen molar-refractivity contribution in [1.82, 2.24) is 10.2 Å². The number of rotatable bonds is 5. The maximum atomic E-state index is 12.9. The summed E-state index contributed by atoms with van der Waals surface area (Å²) in [6.45, 7) is 3.38. The van der Waals surface area contributed by atoms with E-state index in [1.807, 2.05) is 31.2 Å². The molecule has 0 saturated carbocycles. The monoisotopic (exact) mass is 400 g/mol. The number of piperidine rings is 1. The van der Waals surface area contributed by atoms with Gasteiger partial charge in [-0.05, 0) is 55.7 Å². The number of hydrogen-bond donors (Lipinski definition) is 1. The molecule has 2 aromatic rings. The van der Waals surface area contributed by atoms with Crippen LogP contribution in [-0.4, -0.2) is 36.9 Å². The lowest BCUT2D eigenvalue weighted by atomic mass is 9.80. The van der Waals surface area contributed by atoms with Crippen molar-refractivity contribution in [2.45, 2.75) is 26.3 Å². The lowest BCUT2D eigenvalue weighted by Gasteiger charge is -2.39. The summed E-state index contributed by atoms with van der Waals surface area (Å²) in [6.07, 6.45) is 1.53. The fourth-order valence-corrected chi connectivity index (χ4v) is 3.77. The second kappa shape index (κ2) is 8.65. The second-order valence-corrected chi connectivity index (χ2v) is 7.87. The van der Waals surface area contributed by atoms with Crippen molar-refractivity contribution in [3.05, 3.63) is 64.7 Å². The van der Waals surface area contributed by atoms with E-state index in [4.69, 9.17) is 16.3 Å². The van der Waals surface area contributed by atoms with E-state index in [9.17, 15) is 9.59 Å². The van der Waals surface area contributed by atoms with Gasteiger partial charge in [-0.2, -0.15) is 0 Å². The molecule has 0 radical (unpaired) electrons. The molecule has 5 nitrogen and oxygen atoms in total. The Hall–Kier alpha value is -2.53. The summed E-state index contributed by atoms with van der Waals surface area (Å²) in [6, 6.07) is 14.5. The van der Waals surface area contributed by atoms with Gasteiger partial charge in [-0.25, -0.2) is 0 Å². The molecule has 0 spiro atoms.